The van der Waals surface area contributed by atoms with Crippen LogP contribution in [-0.4, -0.2) is 48.7 Å². The second-order valence-electron chi connectivity index (χ2n) is 7.22. The summed E-state index contributed by atoms with van der Waals surface area (Å²) in [6, 6.07) is 16.5. The molecule has 0 fully saturated rings. The Kier molecular flexibility index (Phi) is 5.95. The zero-order chi connectivity index (χ0) is 20.1. The van der Waals surface area contributed by atoms with Gasteiger partial charge in [0.15, 0.2) is 13.5 Å². The monoisotopic (exact) mass is 394 g/mol. The van der Waals surface area contributed by atoms with Gasteiger partial charge in [0.25, 0.3) is 0 Å². The molecule has 0 radical (unpaired) electrons. The molecule has 4 rings (SSSR count). The lowest BCUT2D eigenvalue weighted by molar-refractivity contribution is -0.0503. The van der Waals surface area contributed by atoms with Gasteiger partial charge in [-0.15, -0.1) is 10.2 Å². The highest BCUT2D eigenvalue weighted by atomic mass is 16.6. The van der Waals surface area contributed by atoms with Gasteiger partial charge in [-0.2, -0.15) is 0 Å². The molecule has 7 heteroatoms. The van der Waals surface area contributed by atoms with E-state index >= 15 is 0 Å². The van der Waals surface area contributed by atoms with E-state index in [1.807, 2.05) is 24.3 Å². The third-order valence-electron chi connectivity index (χ3n) is 4.95. The summed E-state index contributed by atoms with van der Waals surface area (Å²) in [4.78, 5) is 0. The lowest BCUT2D eigenvalue weighted by atomic mass is 10.1. The topological polar surface area (TPSA) is 58.9 Å². The highest BCUT2D eigenvalue weighted by Crippen LogP contribution is 2.14. The summed E-state index contributed by atoms with van der Waals surface area (Å²) in [5.41, 5.74) is 4.92. The predicted octanol–water partition coefficient (Wildman–Crippen LogP) is 3.23. The van der Waals surface area contributed by atoms with Gasteiger partial charge in [0.1, 0.15) is 13.5 Å². The molecule has 0 saturated heterocycles. The van der Waals surface area contributed by atoms with Gasteiger partial charge >= 0.3 is 0 Å². The van der Waals surface area contributed by atoms with Crippen molar-refractivity contribution >= 4 is 11.8 Å². The number of hydrogen-bond donors (Lipinski definition) is 0. The molecule has 2 aromatic carbocycles. The van der Waals surface area contributed by atoms with Crippen LogP contribution in [0.3, 0.4) is 0 Å². The van der Waals surface area contributed by atoms with E-state index in [1.165, 1.54) is 22.3 Å². The molecule has 0 amide bonds. The minimum Gasteiger partial charge on any atom is -0.456 e. The molecule has 2 aliphatic heterocycles. The zero-order valence-corrected chi connectivity index (χ0v) is 16.9. The fraction of sp³-hybridized carbons (Fsp3) is 0.364. The van der Waals surface area contributed by atoms with Crippen LogP contribution in [0.5, 0.6) is 0 Å². The van der Waals surface area contributed by atoms with E-state index < -0.39 is 0 Å². The van der Waals surface area contributed by atoms with Crippen LogP contribution < -0.4 is 0 Å². The smallest absolute Gasteiger partial charge is 0.212 e. The number of hydrazone groups is 2. The number of aryl methyl sites for hydroxylation is 2. The second kappa shape index (κ2) is 8.96. The van der Waals surface area contributed by atoms with Gasteiger partial charge in [0.05, 0.1) is 12.8 Å². The van der Waals surface area contributed by atoms with Crippen LogP contribution in [-0.2, 0) is 27.1 Å². The van der Waals surface area contributed by atoms with Crippen molar-refractivity contribution in [2.45, 2.75) is 26.7 Å². The van der Waals surface area contributed by atoms with Crippen LogP contribution in [0, 0.1) is 13.8 Å². The van der Waals surface area contributed by atoms with Gasteiger partial charge in [0, 0.05) is 0 Å². The third-order valence-corrected chi connectivity index (χ3v) is 4.95. The highest BCUT2D eigenvalue weighted by Gasteiger charge is 2.19. The maximum atomic E-state index is 5.72. The van der Waals surface area contributed by atoms with Crippen molar-refractivity contribution < 1.29 is 14.2 Å². The van der Waals surface area contributed by atoms with Gasteiger partial charge in [-0.25, -0.2) is 10.0 Å². The summed E-state index contributed by atoms with van der Waals surface area (Å²) >= 11 is 0. The van der Waals surface area contributed by atoms with Crippen molar-refractivity contribution in [3.05, 3.63) is 70.8 Å². The van der Waals surface area contributed by atoms with Crippen molar-refractivity contribution in [3.63, 3.8) is 0 Å². The van der Waals surface area contributed by atoms with Crippen LogP contribution in [0.25, 0.3) is 0 Å². The van der Waals surface area contributed by atoms with Crippen LogP contribution in [0.2, 0.25) is 0 Å². The zero-order valence-electron chi connectivity index (χ0n) is 16.9. The first-order chi connectivity index (χ1) is 14.2. The normalized spacial score (nSPS) is 15.8. The first kappa shape index (κ1) is 19.3. The molecular formula is C22H26N4O3. The Balaban J connectivity index is 1.22. The number of hydrogen-bond acceptors (Lipinski definition) is 7. The van der Waals surface area contributed by atoms with Gasteiger partial charge in [0.2, 0.25) is 11.8 Å². The lowest BCUT2D eigenvalue weighted by Gasteiger charge is -2.15. The maximum Gasteiger partial charge on any atom is 0.212 e. The van der Waals surface area contributed by atoms with Gasteiger partial charge in [-0.3, -0.25) is 0 Å². The molecule has 2 aliphatic rings. The standard InChI is InChI=1S/C22H26N4O3/c1-17-7-3-5-9-19(17)11-21-23-25(15-28-21)13-27-14-26-16-29-22(24-26)12-20-10-6-4-8-18(20)2/h3-10H,11-16H2,1-2H3. The van der Waals surface area contributed by atoms with Crippen LogP contribution in [0.15, 0.2) is 58.7 Å². The van der Waals surface area contributed by atoms with Crippen molar-refractivity contribution in [3.8, 4) is 0 Å². The Morgan fingerprint density at radius 3 is 1.66 bits per heavy atom. The largest absolute Gasteiger partial charge is 0.456 e. The average molecular weight is 394 g/mol. The Hall–Kier alpha value is -3.06. The quantitative estimate of drug-likeness (QED) is 0.688. The molecule has 2 aromatic rings. The Labute approximate surface area is 171 Å². The summed E-state index contributed by atoms with van der Waals surface area (Å²) in [5, 5.41) is 12.5. The Bertz CT molecular complexity index is 839. The fourth-order valence-electron chi connectivity index (χ4n) is 3.23. The number of nitrogens with zero attached hydrogens (tertiary/aromatic N) is 4. The molecule has 2 heterocycles. The first-order valence-corrected chi connectivity index (χ1v) is 9.74. The minimum absolute atomic E-state index is 0.344. The van der Waals surface area contributed by atoms with Crippen LogP contribution in [0.4, 0.5) is 0 Å². The van der Waals surface area contributed by atoms with E-state index in [2.05, 4.69) is 48.3 Å². The second-order valence-corrected chi connectivity index (χ2v) is 7.22. The molecular weight excluding hydrogens is 368 g/mol. The van der Waals surface area contributed by atoms with Crippen LogP contribution in [0.1, 0.15) is 22.3 Å². The summed E-state index contributed by atoms with van der Waals surface area (Å²) < 4.78 is 17.1. The van der Waals surface area contributed by atoms with E-state index in [-0.39, 0.29) is 0 Å². The lowest BCUT2D eigenvalue weighted by Crippen LogP contribution is -2.25. The molecule has 7 nitrogen and oxygen atoms in total. The molecule has 0 saturated carbocycles. The predicted molar refractivity (Wildman–Crippen MR) is 111 cm³/mol. The molecule has 0 bridgehead atoms. The van der Waals surface area contributed by atoms with Gasteiger partial charge < -0.3 is 14.2 Å². The number of ether oxygens (including phenoxy) is 3. The minimum atomic E-state index is 0.344. The van der Waals surface area contributed by atoms with Crippen molar-refractivity contribution in [2.75, 3.05) is 26.9 Å². The summed E-state index contributed by atoms with van der Waals surface area (Å²) in [6.45, 7) is 5.68. The number of rotatable bonds is 8. The molecule has 0 spiro atoms. The molecule has 0 aromatic heterocycles. The molecule has 0 unspecified atom stereocenters. The molecule has 0 aliphatic carbocycles. The highest BCUT2D eigenvalue weighted by molar-refractivity contribution is 5.80. The molecule has 152 valence electrons. The SMILES string of the molecule is Cc1ccccc1CC1=NN(COCN2COC(Cc3ccccc3C)=N2)CO1. The van der Waals surface area contributed by atoms with Gasteiger partial charge in [-0.1, -0.05) is 48.5 Å². The summed E-state index contributed by atoms with van der Waals surface area (Å²) in [7, 11) is 0. The maximum absolute atomic E-state index is 5.72. The third kappa shape index (κ3) is 5.06. The van der Waals surface area contributed by atoms with E-state index in [0.29, 0.717) is 51.6 Å². The summed E-state index contributed by atoms with van der Waals surface area (Å²) in [5.74, 6) is 1.43. The van der Waals surface area contributed by atoms with E-state index in [9.17, 15) is 0 Å². The summed E-state index contributed by atoms with van der Waals surface area (Å²) in [6.07, 6.45) is 1.38. The van der Waals surface area contributed by atoms with Crippen molar-refractivity contribution in [2.24, 2.45) is 10.2 Å². The average Bonchev–Trinajstić information content (AvgIpc) is 3.35. The first-order valence-electron chi connectivity index (χ1n) is 9.74. The fourth-order valence-corrected chi connectivity index (χ4v) is 3.23. The Morgan fingerprint density at radius 2 is 1.21 bits per heavy atom. The van der Waals surface area contributed by atoms with E-state index in [1.54, 1.807) is 10.0 Å². The molecule has 29 heavy (non-hydrogen) atoms. The van der Waals surface area contributed by atoms with E-state index in [0.717, 1.165) is 0 Å². The Morgan fingerprint density at radius 1 is 0.759 bits per heavy atom. The number of benzene rings is 2. The van der Waals surface area contributed by atoms with Gasteiger partial charge in [-0.05, 0) is 36.1 Å². The molecule has 0 atom stereocenters. The van der Waals surface area contributed by atoms with Crippen molar-refractivity contribution in [1.29, 1.82) is 0 Å². The van der Waals surface area contributed by atoms with Crippen molar-refractivity contribution in [1.82, 2.24) is 10.0 Å². The van der Waals surface area contributed by atoms with E-state index in [4.69, 9.17) is 14.2 Å². The van der Waals surface area contributed by atoms with Crippen LogP contribution >= 0.6 is 0 Å². The molecule has 0 N–H and O–H groups in total.